The maximum atomic E-state index is 5.73. The van der Waals surface area contributed by atoms with E-state index in [1.54, 1.807) is 0 Å². The zero-order chi connectivity index (χ0) is 11.7. The second-order valence-electron chi connectivity index (χ2n) is 4.76. The third kappa shape index (κ3) is 1.81. The van der Waals surface area contributed by atoms with E-state index >= 15 is 0 Å². The van der Waals surface area contributed by atoms with Gasteiger partial charge in [-0.1, -0.05) is 30.7 Å². The van der Waals surface area contributed by atoms with E-state index in [2.05, 4.69) is 34.7 Å². The van der Waals surface area contributed by atoms with Crippen molar-refractivity contribution in [3.05, 3.63) is 42.1 Å². The van der Waals surface area contributed by atoms with E-state index in [9.17, 15) is 0 Å². The van der Waals surface area contributed by atoms with Crippen molar-refractivity contribution in [2.24, 2.45) is 11.8 Å². The van der Waals surface area contributed by atoms with Gasteiger partial charge in [0.2, 0.25) is 0 Å². The zero-order valence-electron chi connectivity index (χ0n) is 9.76. The summed E-state index contributed by atoms with van der Waals surface area (Å²) in [5.41, 5.74) is 5.28. The number of benzene rings is 1. The lowest BCUT2D eigenvalue weighted by Gasteiger charge is -2.33. The Bertz CT molecular complexity index is 514. The van der Waals surface area contributed by atoms with E-state index in [0.717, 1.165) is 5.52 Å². The highest BCUT2D eigenvalue weighted by molar-refractivity contribution is 5.82. The van der Waals surface area contributed by atoms with Gasteiger partial charge in [-0.05, 0) is 30.4 Å². The molecule has 3 N–H and O–H groups in total. The third-order valence-corrected chi connectivity index (χ3v) is 3.80. The molecule has 1 fully saturated rings. The van der Waals surface area contributed by atoms with Crippen molar-refractivity contribution in [2.45, 2.75) is 25.3 Å². The molecule has 0 bridgehead atoms. The standard InChI is InChI=1S/C14H17N3/c15-17-14(11-4-1-5-11)12-8-2-6-10-7-3-9-16-13(10)12/h2-3,6-9,11,14,17H,1,4-5,15H2. The number of rotatable bonds is 3. The number of hydrazine groups is 1. The average Bonchev–Trinajstić information content (AvgIpc) is 2.33. The van der Waals surface area contributed by atoms with Crippen LogP contribution >= 0.6 is 0 Å². The molecule has 1 saturated carbocycles. The predicted octanol–water partition coefficient (Wildman–Crippen LogP) is 2.54. The number of nitrogens with two attached hydrogens (primary N) is 1. The molecule has 1 aromatic carbocycles. The summed E-state index contributed by atoms with van der Waals surface area (Å²) < 4.78 is 0. The second-order valence-corrected chi connectivity index (χ2v) is 4.76. The number of hydrogen-bond donors (Lipinski definition) is 2. The van der Waals surface area contributed by atoms with Crippen LogP contribution in [0.2, 0.25) is 0 Å². The second kappa shape index (κ2) is 4.43. The Hall–Kier alpha value is -1.45. The monoisotopic (exact) mass is 227 g/mol. The molecule has 0 radical (unpaired) electrons. The van der Waals surface area contributed by atoms with Gasteiger partial charge >= 0.3 is 0 Å². The van der Waals surface area contributed by atoms with Gasteiger partial charge in [-0.3, -0.25) is 16.3 Å². The molecule has 3 rings (SSSR count). The van der Waals surface area contributed by atoms with E-state index in [0.29, 0.717) is 5.92 Å². The van der Waals surface area contributed by atoms with Crippen LogP contribution in [0.25, 0.3) is 10.9 Å². The molecule has 1 atom stereocenters. The quantitative estimate of drug-likeness (QED) is 0.626. The van der Waals surface area contributed by atoms with Gasteiger partial charge in [0.05, 0.1) is 11.6 Å². The zero-order valence-corrected chi connectivity index (χ0v) is 9.76. The Labute approximate surface area is 101 Å². The fraction of sp³-hybridized carbons (Fsp3) is 0.357. The van der Waals surface area contributed by atoms with Crippen molar-refractivity contribution in [1.82, 2.24) is 10.4 Å². The summed E-state index contributed by atoms with van der Waals surface area (Å²) >= 11 is 0. The summed E-state index contributed by atoms with van der Waals surface area (Å²) in [7, 11) is 0. The van der Waals surface area contributed by atoms with Gasteiger partial charge in [0, 0.05) is 11.6 Å². The summed E-state index contributed by atoms with van der Waals surface area (Å²) in [4.78, 5) is 4.50. The minimum atomic E-state index is 0.238. The molecule has 2 aromatic rings. The van der Waals surface area contributed by atoms with Crippen LogP contribution in [0.5, 0.6) is 0 Å². The van der Waals surface area contributed by atoms with Crippen molar-refractivity contribution >= 4 is 10.9 Å². The molecule has 1 aliphatic carbocycles. The highest BCUT2D eigenvalue weighted by Crippen LogP contribution is 2.38. The van der Waals surface area contributed by atoms with Crippen LogP contribution < -0.4 is 11.3 Å². The van der Waals surface area contributed by atoms with Crippen molar-refractivity contribution in [3.63, 3.8) is 0 Å². The summed E-state index contributed by atoms with van der Waals surface area (Å²) in [6.07, 6.45) is 5.69. The number of aromatic nitrogens is 1. The van der Waals surface area contributed by atoms with E-state index in [-0.39, 0.29) is 6.04 Å². The van der Waals surface area contributed by atoms with E-state index in [1.165, 1.54) is 30.2 Å². The topological polar surface area (TPSA) is 50.9 Å². The molecule has 17 heavy (non-hydrogen) atoms. The number of nitrogens with one attached hydrogen (secondary N) is 1. The van der Waals surface area contributed by atoms with Gasteiger partial charge in [0.1, 0.15) is 0 Å². The fourth-order valence-corrected chi connectivity index (χ4v) is 2.63. The van der Waals surface area contributed by atoms with Crippen molar-refractivity contribution < 1.29 is 0 Å². The molecule has 3 heteroatoms. The number of fused-ring (bicyclic) bond motifs is 1. The first-order valence-electron chi connectivity index (χ1n) is 6.20. The lowest BCUT2D eigenvalue weighted by molar-refractivity contribution is 0.233. The van der Waals surface area contributed by atoms with Crippen LogP contribution in [0.3, 0.4) is 0 Å². The molecular weight excluding hydrogens is 210 g/mol. The Balaban J connectivity index is 2.08. The first-order chi connectivity index (χ1) is 8.40. The van der Waals surface area contributed by atoms with Crippen molar-refractivity contribution in [1.29, 1.82) is 0 Å². The number of nitrogens with zero attached hydrogens (tertiary/aromatic N) is 1. The summed E-state index contributed by atoms with van der Waals surface area (Å²) in [6, 6.07) is 10.6. The molecule has 3 nitrogen and oxygen atoms in total. The van der Waals surface area contributed by atoms with Crippen LogP contribution in [-0.2, 0) is 0 Å². The molecule has 88 valence electrons. The van der Waals surface area contributed by atoms with Gasteiger partial charge in [-0.15, -0.1) is 0 Å². The highest BCUT2D eigenvalue weighted by atomic mass is 15.2. The van der Waals surface area contributed by atoms with Crippen LogP contribution in [0, 0.1) is 5.92 Å². The van der Waals surface area contributed by atoms with Crippen LogP contribution in [-0.4, -0.2) is 4.98 Å². The number of pyridine rings is 1. The largest absolute Gasteiger partial charge is 0.271 e. The molecular formula is C14H17N3. The lowest BCUT2D eigenvalue weighted by atomic mass is 9.77. The number of para-hydroxylation sites is 1. The Morgan fingerprint density at radius 2 is 2.06 bits per heavy atom. The minimum absolute atomic E-state index is 0.238. The summed E-state index contributed by atoms with van der Waals surface area (Å²) in [6.45, 7) is 0. The first kappa shape index (κ1) is 10.7. The third-order valence-electron chi connectivity index (χ3n) is 3.80. The number of hydrogen-bond acceptors (Lipinski definition) is 3. The smallest absolute Gasteiger partial charge is 0.0750 e. The molecule has 1 heterocycles. The molecule has 1 aromatic heterocycles. The van der Waals surface area contributed by atoms with Crippen molar-refractivity contribution in [2.75, 3.05) is 0 Å². The molecule has 0 spiro atoms. The predicted molar refractivity (Wildman–Crippen MR) is 69.1 cm³/mol. The minimum Gasteiger partial charge on any atom is -0.271 e. The van der Waals surface area contributed by atoms with E-state index in [4.69, 9.17) is 5.84 Å². The lowest BCUT2D eigenvalue weighted by Crippen LogP contribution is -2.36. The molecule has 1 aliphatic rings. The van der Waals surface area contributed by atoms with Crippen molar-refractivity contribution in [3.8, 4) is 0 Å². The molecule has 0 aliphatic heterocycles. The highest BCUT2D eigenvalue weighted by Gasteiger charge is 2.28. The van der Waals surface area contributed by atoms with Crippen LogP contribution in [0.15, 0.2) is 36.5 Å². The first-order valence-corrected chi connectivity index (χ1v) is 6.20. The summed E-state index contributed by atoms with van der Waals surface area (Å²) in [5, 5.41) is 1.18. The Morgan fingerprint density at radius 3 is 2.76 bits per heavy atom. The molecule has 1 unspecified atom stereocenters. The van der Waals surface area contributed by atoms with Crippen LogP contribution in [0.1, 0.15) is 30.9 Å². The van der Waals surface area contributed by atoms with Gasteiger partial charge in [0.25, 0.3) is 0 Å². The Kier molecular flexibility index (Phi) is 2.79. The van der Waals surface area contributed by atoms with Crippen LogP contribution in [0.4, 0.5) is 0 Å². The van der Waals surface area contributed by atoms with Gasteiger partial charge in [0.15, 0.2) is 0 Å². The van der Waals surface area contributed by atoms with E-state index < -0.39 is 0 Å². The fourth-order valence-electron chi connectivity index (χ4n) is 2.63. The van der Waals surface area contributed by atoms with Gasteiger partial charge < -0.3 is 0 Å². The Morgan fingerprint density at radius 1 is 1.24 bits per heavy atom. The van der Waals surface area contributed by atoms with E-state index in [1.807, 2.05) is 12.3 Å². The molecule has 0 saturated heterocycles. The maximum Gasteiger partial charge on any atom is 0.0750 e. The van der Waals surface area contributed by atoms with Gasteiger partial charge in [-0.25, -0.2) is 0 Å². The molecule has 0 amide bonds. The normalized spacial score (nSPS) is 17.9. The maximum absolute atomic E-state index is 5.73. The SMILES string of the molecule is NNC(c1cccc2cccnc12)C1CCC1. The van der Waals surface area contributed by atoms with Gasteiger partial charge in [-0.2, -0.15) is 0 Å². The summed E-state index contributed by atoms with van der Waals surface area (Å²) in [5.74, 6) is 6.39. The average molecular weight is 227 g/mol.